The van der Waals surface area contributed by atoms with Crippen LogP contribution < -0.4 is 0 Å². The van der Waals surface area contributed by atoms with Crippen LogP contribution in [0, 0.1) is 0 Å². The van der Waals surface area contributed by atoms with Crippen LogP contribution in [-0.4, -0.2) is 29.1 Å². The first-order valence-electron chi connectivity index (χ1n) is 3.89. The molecule has 0 saturated carbocycles. The van der Waals surface area contributed by atoms with Gasteiger partial charge in [0.1, 0.15) is 0 Å². The zero-order valence-electron chi connectivity index (χ0n) is 6.25. The fourth-order valence-electron chi connectivity index (χ4n) is 2.02. The van der Waals surface area contributed by atoms with Gasteiger partial charge >= 0.3 is 0 Å². The van der Waals surface area contributed by atoms with E-state index in [0.29, 0.717) is 17.8 Å². The van der Waals surface area contributed by atoms with E-state index < -0.39 is 0 Å². The fourth-order valence-corrected chi connectivity index (χ4v) is 2.02. The van der Waals surface area contributed by atoms with Crippen molar-refractivity contribution in [1.29, 1.82) is 0 Å². The fraction of sp³-hybridized carbons (Fsp3) is 0.750. The molecule has 1 N–H and O–H groups in total. The van der Waals surface area contributed by atoms with Gasteiger partial charge < -0.3 is 5.11 Å². The molecule has 0 aromatic carbocycles. The van der Waals surface area contributed by atoms with Gasteiger partial charge in [-0.2, -0.15) is 0 Å². The minimum Gasteiger partial charge on any atom is -0.513 e. The number of fused-ring (bicyclic) bond motifs is 2. The molecule has 2 aliphatic rings. The Morgan fingerprint density at radius 1 is 1.60 bits per heavy atom. The van der Waals surface area contributed by atoms with E-state index in [0.717, 1.165) is 6.42 Å². The maximum atomic E-state index is 9.24. The molecule has 0 aliphatic carbocycles. The van der Waals surface area contributed by atoms with Gasteiger partial charge in [0, 0.05) is 18.5 Å². The highest BCUT2D eigenvalue weighted by atomic mass is 16.3. The van der Waals surface area contributed by atoms with Gasteiger partial charge in [-0.25, -0.2) is 0 Å². The van der Waals surface area contributed by atoms with Crippen LogP contribution in [-0.2, 0) is 0 Å². The zero-order chi connectivity index (χ0) is 7.14. The van der Waals surface area contributed by atoms with Crippen molar-refractivity contribution >= 4 is 0 Å². The summed E-state index contributed by atoms with van der Waals surface area (Å²) in [5, 5.41) is 9.24. The quantitative estimate of drug-likeness (QED) is 0.546. The number of rotatable bonds is 0. The van der Waals surface area contributed by atoms with Crippen molar-refractivity contribution in [2.45, 2.75) is 31.3 Å². The van der Waals surface area contributed by atoms with E-state index in [2.05, 4.69) is 11.9 Å². The molecular formula is C8H13NO. The normalized spacial score (nSPS) is 39.9. The first kappa shape index (κ1) is 6.23. The predicted molar refractivity (Wildman–Crippen MR) is 39.9 cm³/mol. The monoisotopic (exact) mass is 139 g/mol. The summed E-state index contributed by atoms with van der Waals surface area (Å²) in [5.41, 5.74) is 0. The first-order chi connectivity index (χ1) is 4.77. The summed E-state index contributed by atoms with van der Waals surface area (Å²) >= 11 is 0. The van der Waals surface area contributed by atoms with E-state index in [1.54, 1.807) is 0 Å². The Hall–Kier alpha value is -0.500. The molecule has 0 aromatic rings. The Morgan fingerprint density at radius 2 is 2.40 bits per heavy atom. The van der Waals surface area contributed by atoms with Gasteiger partial charge in [0.25, 0.3) is 0 Å². The molecule has 0 amide bonds. The molecule has 2 heterocycles. The van der Waals surface area contributed by atoms with Gasteiger partial charge in [-0.05, 0) is 26.0 Å². The van der Waals surface area contributed by atoms with Gasteiger partial charge in [0.15, 0.2) is 0 Å². The number of hydrogen-bond donors (Lipinski definition) is 1. The second-order valence-electron chi connectivity index (χ2n) is 3.33. The lowest BCUT2D eigenvalue weighted by atomic mass is 10.1. The minimum atomic E-state index is 0.527. The second-order valence-corrected chi connectivity index (χ2v) is 3.33. The third-order valence-corrected chi connectivity index (χ3v) is 2.72. The molecule has 2 unspecified atom stereocenters. The maximum Gasteiger partial charge on any atom is 0.0914 e. The molecule has 0 radical (unpaired) electrons. The number of hydrogen-bond acceptors (Lipinski definition) is 2. The topological polar surface area (TPSA) is 23.5 Å². The maximum absolute atomic E-state index is 9.24. The third kappa shape index (κ3) is 0.754. The minimum absolute atomic E-state index is 0.527. The SMILES string of the molecule is CN1C2C=C(O)CC1CC2. The molecular weight excluding hydrogens is 126 g/mol. The Balaban J connectivity index is 2.24. The van der Waals surface area contributed by atoms with Gasteiger partial charge in [-0.3, -0.25) is 4.90 Å². The zero-order valence-corrected chi connectivity index (χ0v) is 6.25. The van der Waals surface area contributed by atoms with Crippen LogP contribution in [0.15, 0.2) is 11.8 Å². The van der Waals surface area contributed by atoms with E-state index in [1.807, 2.05) is 6.08 Å². The molecule has 0 spiro atoms. The summed E-state index contributed by atoms with van der Waals surface area (Å²) in [4.78, 5) is 2.36. The summed E-state index contributed by atoms with van der Waals surface area (Å²) in [5.74, 6) is 0.602. The molecule has 2 heteroatoms. The third-order valence-electron chi connectivity index (χ3n) is 2.72. The van der Waals surface area contributed by atoms with E-state index in [9.17, 15) is 5.11 Å². The molecule has 10 heavy (non-hydrogen) atoms. The Labute approximate surface area is 61.1 Å². The highest BCUT2D eigenvalue weighted by molar-refractivity contribution is 5.11. The van der Waals surface area contributed by atoms with Crippen molar-refractivity contribution in [3.63, 3.8) is 0 Å². The van der Waals surface area contributed by atoms with Crippen molar-refractivity contribution in [2.75, 3.05) is 7.05 Å². The van der Waals surface area contributed by atoms with E-state index in [-0.39, 0.29) is 0 Å². The largest absolute Gasteiger partial charge is 0.513 e. The highest BCUT2D eigenvalue weighted by Crippen LogP contribution is 2.31. The predicted octanol–water partition coefficient (Wildman–Crippen LogP) is 1.29. The van der Waals surface area contributed by atoms with Crippen LogP contribution >= 0.6 is 0 Å². The molecule has 2 atom stereocenters. The van der Waals surface area contributed by atoms with Crippen LogP contribution in [0.2, 0.25) is 0 Å². The highest BCUT2D eigenvalue weighted by Gasteiger charge is 2.33. The molecule has 2 aliphatic heterocycles. The van der Waals surface area contributed by atoms with Crippen LogP contribution in [0.25, 0.3) is 0 Å². The second kappa shape index (κ2) is 1.99. The molecule has 1 fully saturated rings. The molecule has 0 aromatic heterocycles. The summed E-state index contributed by atoms with van der Waals surface area (Å²) in [7, 11) is 2.14. The summed E-state index contributed by atoms with van der Waals surface area (Å²) in [6, 6.07) is 1.15. The van der Waals surface area contributed by atoms with Crippen LogP contribution in [0.4, 0.5) is 0 Å². The van der Waals surface area contributed by atoms with Gasteiger partial charge in [0.2, 0.25) is 0 Å². The molecule has 2 nitrogen and oxygen atoms in total. The summed E-state index contributed by atoms with van der Waals surface area (Å²) < 4.78 is 0. The average Bonchev–Trinajstić information content (AvgIpc) is 2.20. The lowest BCUT2D eigenvalue weighted by Gasteiger charge is -2.27. The van der Waals surface area contributed by atoms with Crippen molar-refractivity contribution in [3.8, 4) is 0 Å². The Bertz CT molecular complexity index is 176. The standard InChI is InChI=1S/C8H13NO/c1-9-6-2-3-7(9)5-8(10)4-6/h4,6-7,10H,2-3,5H2,1H3. The Morgan fingerprint density at radius 3 is 3.10 bits per heavy atom. The van der Waals surface area contributed by atoms with Gasteiger partial charge in [0.05, 0.1) is 5.76 Å². The molecule has 1 saturated heterocycles. The molecule has 56 valence electrons. The number of likely N-dealkylation sites (N-methyl/N-ethyl adjacent to an activating group) is 1. The summed E-state index contributed by atoms with van der Waals surface area (Å²) in [6.07, 6.45) is 5.34. The number of nitrogens with zero attached hydrogens (tertiary/aromatic N) is 1. The van der Waals surface area contributed by atoms with Crippen LogP contribution in [0.3, 0.4) is 0 Å². The van der Waals surface area contributed by atoms with Crippen molar-refractivity contribution in [2.24, 2.45) is 0 Å². The molecule has 2 bridgehead atoms. The number of aliphatic hydroxyl groups is 1. The van der Waals surface area contributed by atoms with Crippen molar-refractivity contribution in [3.05, 3.63) is 11.8 Å². The number of aliphatic hydroxyl groups excluding tert-OH is 1. The molecule has 2 rings (SSSR count). The van der Waals surface area contributed by atoms with Crippen molar-refractivity contribution in [1.82, 2.24) is 4.90 Å². The average molecular weight is 139 g/mol. The Kier molecular flexibility index (Phi) is 1.24. The van der Waals surface area contributed by atoms with E-state index in [4.69, 9.17) is 0 Å². The van der Waals surface area contributed by atoms with Crippen molar-refractivity contribution < 1.29 is 5.11 Å². The smallest absolute Gasteiger partial charge is 0.0914 e. The van der Waals surface area contributed by atoms with Gasteiger partial charge in [-0.15, -0.1) is 0 Å². The summed E-state index contributed by atoms with van der Waals surface area (Å²) in [6.45, 7) is 0. The lowest BCUT2D eigenvalue weighted by molar-refractivity contribution is 0.217. The van der Waals surface area contributed by atoms with E-state index >= 15 is 0 Å². The van der Waals surface area contributed by atoms with Gasteiger partial charge in [-0.1, -0.05) is 0 Å². The van der Waals surface area contributed by atoms with E-state index in [1.165, 1.54) is 12.8 Å². The van der Waals surface area contributed by atoms with Crippen LogP contribution in [0.5, 0.6) is 0 Å². The first-order valence-corrected chi connectivity index (χ1v) is 3.89. The lowest BCUT2D eigenvalue weighted by Crippen LogP contribution is -2.34. The van der Waals surface area contributed by atoms with Crippen LogP contribution in [0.1, 0.15) is 19.3 Å².